The smallest absolute Gasteiger partial charge is 0.243 e. The minimum Gasteiger partial charge on any atom is -0.376 e. The number of carbonyl (C=O) groups excluding carboxylic acids is 1. The summed E-state index contributed by atoms with van der Waals surface area (Å²) in [6.07, 6.45) is 0. The molecule has 0 aliphatic carbocycles. The Bertz CT molecular complexity index is 726. The first-order valence-corrected chi connectivity index (χ1v) is 6.26. The van der Waals surface area contributed by atoms with Crippen molar-refractivity contribution in [1.82, 2.24) is 0 Å². The zero-order chi connectivity index (χ0) is 15.1. The van der Waals surface area contributed by atoms with Gasteiger partial charge in [0.05, 0.1) is 17.7 Å². The topological polar surface area (TPSA) is 88.7 Å². The van der Waals surface area contributed by atoms with Crippen LogP contribution in [0.4, 0.5) is 11.4 Å². The fraction of sp³-hybridized carbons (Fsp3) is 0.0625. The summed E-state index contributed by atoms with van der Waals surface area (Å²) in [4.78, 5) is 11.8. The van der Waals surface area contributed by atoms with E-state index in [4.69, 9.17) is 10.5 Å². The number of para-hydroxylation sites is 1. The van der Waals surface area contributed by atoms with Gasteiger partial charge in [-0.25, -0.2) is 0 Å². The van der Waals surface area contributed by atoms with Gasteiger partial charge in [0.1, 0.15) is 12.1 Å². The van der Waals surface area contributed by atoms with E-state index in [2.05, 4.69) is 10.6 Å². The van der Waals surface area contributed by atoms with Crippen molar-refractivity contribution >= 4 is 17.3 Å². The predicted molar refractivity (Wildman–Crippen MR) is 79.4 cm³/mol. The van der Waals surface area contributed by atoms with Crippen molar-refractivity contribution in [2.45, 2.75) is 0 Å². The summed E-state index contributed by atoms with van der Waals surface area (Å²) in [6.45, 7) is 0.117. The third kappa shape index (κ3) is 3.82. The first-order chi connectivity index (χ1) is 10.2. The van der Waals surface area contributed by atoms with Crippen LogP contribution in [0.2, 0.25) is 0 Å². The van der Waals surface area contributed by atoms with E-state index < -0.39 is 0 Å². The van der Waals surface area contributed by atoms with E-state index in [-0.39, 0.29) is 23.6 Å². The van der Waals surface area contributed by atoms with Crippen molar-refractivity contribution in [1.29, 1.82) is 10.5 Å². The molecule has 102 valence electrons. The zero-order valence-corrected chi connectivity index (χ0v) is 11.1. The summed E-state index contributed by atoms with van der Waals surface area (Å²) in [5.41, 5.74) is 1.87. The van der Waals surface area contributed by atoms with Crippen molar-refractivity contribution in [3.05, 3.63) is 59.7 Å². The largest absolute Gasteiger partial charge is 0.376 e. The molecule has 0 atom stereocenters. The molecule has 0 radical (unpaired) electrons. The molecule has 0 saturated heterocycles. The Morgan fingerprint density at radius 1 is 0.952 bits per heavy atom. The van der Waals surface area contributed by atoms with Crippen LogP contribution in [0.15, 0.2) is 48.5 Å². The predicted octanol–water partition coefficient (Wildman–Crippen LogP) is 2.48. The third-order valence-corrected chi connectivity index (χ3v) is 2.77. The van der Waals surface area contributed by atoms with Gasteiger partial charge in [0.25, 0.3) is 0 Å². The summed E-state index contributed by atoms with van der Waals surface area (Å²) in [5.74, 6) is -0.229. The Kier molecular flexibility index (Phi) is 4.53. The van der Waals surface area contributed by atoms with Crippen LogP contribution in [0.3, 0.4) is 0 Å². The van der Waals surface area contributed by atoms with Crippen molar-refractivity contribution in [3.63, 3.8) is 0 Å². The summed E-state index contributed by atoms with van der Waals surface area (Å²) < 4.78 is 0. The number of hydrogen-bond donors (Lipinski definition) is 2. The molecule has 0 heterocycles. The molecule has 2 aromatic rings. The molecule has 0 aliphatic rings. The third-order valence-electron chi connectivity index (χ3n) is 2.77. The number of nitriles is 2. The molecule has 0 aromatic heterocycles. The first kappa shape index (κ1) is 14.1. The number of carbonyl (C=O) groups is 1. The summed E-state index contributed by atoms with van der Waals surface area (Å²) >= 11 is 0. The molecule has 5 nitrogen and oxygen atoms in total. The Morgan fingerprint density at radius 3 is 2.33 bits per heavy atom. The van der Waals surface area contributed by atoms with Gasteiger partial charge in [-0.3, -0.25) is 4.79 Å². The Morgan fingerprint density at radius 2 is 1.67 bits per heavy atom. The number of anilines is 2. The van der Waals surface area contributed by atoms with Crippen molar-refractivity contribution in [2.75, 3.05) is 17.2 Å². The number of nitrogens with one attached hydrogen (secondary N) is 2. The maximum atomic E-state index is 11.8. The molecule has 5 heteroatoms. The highest BCUT2D eigenvalue weighted by molar-refractivity contribution is 5.94. The van der Waals surface area contributed by atoms with E-state index in [1.807, 2.05) is 42.5 Å². The van der Waals surface area contributed by atoms with E-state index in [0.29, 0.717) is 5.69 Å². The van der Waals surface area contributed by atoms with Crippen molar-refractivity contribution in [2.24, 2.45) is 0 Å². The SMILES string of the molecule is N#Cc1ccc(NC(=O)CNc2ccccc2)cc1C#N. The lowest BCUT2D eigenvalue weighted by molar-refractivity contribution is -0.114. The highest BCUT2D eigenvalue weighted by Gasteiger charge is 2.06. The van der Waals surface area contributed by atoms with Crippen molar-refractivity contribution < 1.29 is 4.79 Å². The van der Waals surface area contributed by atoms with Crippen LogP contribution < -0.4 is 10.6 Å². The number of nitrogens with zero attached hydrogens (tertiary/aromatic N) is 2. The lowest BCUT2D eigenvalue weighted by Crippen LogP contribution is -2.21. The molecular formula is C16H12N4O. The monoisotopic (exact) mass is 276 g/mol. The summed E-state index contributed by atoms with van der Waals surface area (Å²) in [5, 5.41) is 23.4. The van der Waals surface area contributed by atoms with Crippen LogP contribution in [-0.2, 0) is 4.79 Å². The lowest BCUT2D eigenvalue weighted by atomic mass is 10.1. The van der Waals surface area contributed by atoms with Crippen molar-refractivity contribution in [3.8, 4) is 12.1 Å². The fourth-order valence-corrected chi connectivity index (χ4v) is 1.76. The van der Waals surface area contributed by atoms with E-state index in [0.717, 1.165) is 5.69 Å². The molecule has 0 saturated carbocycles. The van der Waals surface area contributed by atoms with Gasteiger partial charge in [0.15, 0.2) is 0 Å². The number of amides is 1. The van der Waals surface area contributed by atoms with Gasteiger partial charge < -0.3 is 10.6 Å². The van der Waals surface area contributed by atoms with Crippen LogP contribution in [0, 0.1) is 22.7 Å². The molecule has 0 fully saturated rings. The van der Waals surface area contributed by atoms with Crippen LogP contribution in [0.5, 0.6) is 0 Å². The van der Waals surface area contributed by atoms with Crippen LogP contribution in [-0.4, -0.2) is 12.5 Å². The van der Waals surface area contributed by atoms with Crippen LogP contribution >= 0.6 is 0 Å². The average Bonchev–Trinajstić information content (AvgIpc) is 2.53. The van der Waals surface area contributed by atoms with Gasteiger partial charge in [-0.15, -0.1) is 0 Å². The van der Waals surface area contributed by atoms with E-state index in [1.54, 1.807) is 6.07 Å². The molecule has 1 amide bonds. The van der Waals surface area contributed by atoms with Gasteiger partial charge in [0.2, 0.25) is 5.91 Å². The second kappa shape index (κ2) is 6.74. The van der Waals surface area contributed by atoms with Gasteiger partial charge >= 0.3 is 0 Å². The van der Waals surface area contributed by atoms with Gasteiger partial charge in [-0.1, -0.05) is 18.2 Å². The average molecular weight is 276 g/mol. The quantitative estimate of drug-likeness (QED) is 0.897. The van der Waals surface area contributed by atoms with E-state index >= 15 is 0 Å². The Balaban J connectivity index is 1.97. The Hall–Kier alpha value is -3.31. The molecule has 0 spiro atoms. The maximum Gasteiger partial charge on any atom is 0.243 e. The molecule has 2 N–H and O–H groups in total. The minimum atomic E-state index is -0.229. The lowest BCUT2D eigenvalue weighted by Gasteiger charge is -2.08. The fourth-order valence-electron chi connectivity index (χ4n) is 1.76. The maximum absolute atomic E-state index is 11.8. The molecule has 0 aliphatic heterocycles. The highest BCUT2D eigenvalue weighted by Crippen LogP contribution is 2.14. The second-order valence-corrected chi connectivity index (χ2v) is 4.25. The summed E-state index contributed by atoms with van der Waals surface area (Å²) in [6, 6.07) is 17.8. The molecule has 0 unspecified atom stereocenters. The Labute approximate surface area is 122 Å². The number of hydrogen-bond acceptors (Lipinski definition) is 4. The minimum absolute atomic E-state index is 0.117. The first-order valence-electron chi connectivity index (χ1n) is 6.26. The number of rotatable bonds is 4. The molecule has 21 heavy (non-hydrogen) atoms. The number of benzene rings is 2. The van der Waals surface area contributed by atoms with Crippen LogP contribution in [0.25, 0.3) is 0 Å². The zero-order valence-electron chi connectivity index (χ0n) is 11.1. The standard InChI is InChI=1S/C16H12N4O/c17-9-12-6-7-15(8-13(12)10-18)20-16(21)11-19-14-4-2-1-3-5-14/h1-8,19H,11H2,(H,20,21). The van der Waals surface area contributed by atoms with Gasteiger partial charge in [0, 0.05) is 11.4 Å². The van der Waals surface area contributed by atoms with Crippen LogP contribution in [0.1, 0.15) is 11.1 Å². The van der Waals surface area contributed by atoms with E-state index in [9.17, 15) is 4.79 Å². The highest BCUT2D eigenvalue weighted by atomic mass is 16.1. The molecule has 2 rings (SSSR count). The van der Waals surface area contributed by atoms with Gasteiger partial charge in [-0.05, 0) is 30.3 Å². The molecule has 2 aromatic carbocycles. The second-order valence-electron chi connectivity index (χ2n) is 4.25. The molecule has 0 bridgehead atoms. The summed E-state index contributed by atoms with van der Waals surface area (Å²) in [7, 11) is 0. The normalized spacial score (nSPS) is 9.24. The van der Waals surface area contributed by atoms with E-state index in [1.165, 1.54) is 12.1 Å². The molecular weight excluding hydrogens is 264 g/mol. The van der Waals surface area contributed by atoms with Gasteiger partial charge in [-0.2, -0.15) is 10.5 Å².